The highest BCUT2D eigenvalue weighted by molar-refractivity contribution is 7.15. The number of alkyl halides is 3. The summed E-state index contributed by atoms with van der Waals surface area (Å²) in [5.74, 6) is 0. The Morgan fingerprint density at radius 2 is 2.05 bits per heavy atom. The molecule has 21 heavy (non-hydrogen) atoms. The minimum absolute atomic E-state index is 0.0915. The Labute approximate surface area is 133 Å². The minimum Gasteiger partial charge on any atom is -0.312 e. The predicted molar refractivity (Wildman–Crippen MR) is 77.7 cm³/mol. The summed E-state index contributed by atoms with van der Waals surface area (Å²) in [5, 5.41) is 3.46. The Hall–Kier alpha value is -0.890. The zero-order chi connectivity index (χ0) is 15.6. The molecule has 0 unspecified atom stereocenters. The van der Waals surface area contributed by atoms with Gasteiger partial charge in [-0.15, -0.1) is 11.3 Å². The van der Waals surface area contributed by atoms with Crippen molar-refractivity contribution in [1.82, 2.24) is 15.3 Å². The van der Waals surface area contributed by atoms with Gasteiger partial charge in [-0.05, 0) is 12.6 Å². The number of thiazole rings is 1. The lowest BCUT2D eigenvalue weighted by molar-refractivity contribution is -0.141. The van der Waals surface area contributed by atoms with Gasteiger partial charge in [0.15, 0.2) is 5.69 Å². The van der Waals surface area contributed by atoms with Gasteiger partial charge in [-0.1, -0.05) is 30.1 Å². The van der Waals surface area contributed by atoms with Crippen LogP contribution in [0.15, 0.2) is 12.3 Å². The molecule has 0 aromatic carbocycles. The second kappa shape index (κ2) is 6.48. The summed E-state index contributed by atoms with van der Waals surface area (Å²) >= 11 is 12.6. The summed E-state index contributed by atoms with van der Waals surface area (Å²) in [4.78, 5) is 7.72. The fraction of sp³-hybridized carbons (Fsp3) is 0.333. The summed E-state index contributed by atoms with van der Waals surface area (Å²) in [5.41, 5.74) is -0.712. The van der Waals surface area contributed by atoms with E-state index in [1.54, 1.807) is 0 Å². The zero-order valence-corrected chi connectivity index (χ0v) is 13.1. The molecule has 0 aliphatic rings. The van der Waals surface area contributed by atoms with Crippen molar-refractivity contribution in [1.29, 1.82) is 0 Å². The summed E-state index contributed by atoms with van der Waals surface area (Å²) < 4.78 is 39.0. The minimum atomic E-state index is -4.52. The van der Waals surface area contributed by atoms with Gasteiger partial charge in [0.05, 0.1) is 14.9 Å². The first kappa shape index (κ1) is 16.5. The van der Waals surface area contributed by atoms with Crippen molar-refractivity contribution in [3.63, 3.8) is 0 Å². The van der Waals surface area contributed by atoms with Gasteiger partial charge in [0.2, 0.25) is 0 Å². The fourth-order valence-electron chi connectivity index (χ4n) is 1.60. The van der Waals surface area contributed by atoms with Crippen molar-refractivity contribution in [3.05, 3.63) is 32.9 Å². The molecular weight excluding hydrogens is 346 g/mol. The van der Waals surface area contributed by atoms with E-state index in [4.69, 9.17) is 23.2 Å². The third-order valence-electron chi connectivity index (χ3n) is 2.51. The van der Waals surface area contributed by atoms with Gasteiger partial charge >= 0.3 is 6.18 Å². The predicted octanol–water partition coefficient (Wildman–Crippen LogP) is 4.64. The van der Waals surface area contributed by atoms with Gasteiger partial charge in [-0.3, -0.25) is 4.98 Å². The van der Waals surface area contributed by atoms with Crippen LogP contribution >= 0.6 is 34.5 Å². The smallest absolute Gasteiger partial charge is 0.312 e. The second-order valence-electron chi connectivity index (χ2n) is 4.05. The number of hydrogen-bond donors (Lipinski definition) is 1. The molecule has 0 bridgehead atoms. The number of aromatic nitrogens is 2. The number of halogens is 5. The fourth-order valence-corrected chi connectivity index (χ4v) is 3.19. The highest BCUT2D eigenvalue weighted by atomic mass is 35.5. The molecule has 0 saturated carbocycles. The zero-order valence-electron chi connectivity index (χ0n) is 10.8. The summed E-state index contributed by atoms with van der Waals surface area (Å²) in [6.07, 6.45) is -3.19. The van der Waals surface area contributed by atoms with Crippen molar-refractivity contribution in [2.75, 3.05) is 6.54 Å². The van der Waals surface area contributed by atoms with E-state index in [2.05, 4.69) is 15.3 Å². The van der Waals surface area contributed by atoms with Gasteiger partial charge < -0.3 is 5.32 Å². The van der Waals surface area contributed by atoms with E-state index in [0.717, 1.165) is 11.3 Å². The van der Waals surface area contributed by atoms with Crippen molar-refractivity contribution in [3.8, 4) is 10.7 Å². The Kier molecular flexibility index (Phi) is 5.08. The molecule has 3 nitrogen and oxygen atoms in total. The lowest BCUT2D eigenvalue weighted by Crippen LogP contribution is -2.15. The molecule has 0 amide bonds. The third-order valence-corrected chi connectivity index (χ3v) is 4.07. The maximum absolute atomic E-state index is 13.0. The third kappa shape index (κ3) is 3.85. The first-order valence-electron chi connectivity index (χ1n) is 5.92. The SMILES string of the molecule is CCNCc1sc(-c2ncc(Cl)cc2Cl)nc1C(F)(F)F. The maximum atomic E-state index is 13.0. The molecule has 0 saturated heterocycles. The lowest BCUT2D eigenvalue weighted by Gasteiger charge is -2.05. The second-order valence-corrected chi connectivity index (χ2v) is 5.98. The van der Waals surface area contributed by atoms with Crippen LogP contribution in [0.3, 0.4) is 0 Å². The van der Waals surface area contributed by atoms with Gasteiger partial charge in [-0.2, -0.15) is 13.2 Å². The lowest BCUT2D eigenvalue weighted by atomic mass is 10.3. The normalized spacial score (nSPS) is 11.9. The van der Waals surface area contributed by atoms with Crippen LogP contribution in [0.25, 0.3) is 10.7 Å². The summed E-state index contributed by atoms with van der Waals surface area (Å²) in [6, 6.07) is 1.42. The first-order valence-corrected chi connectivity index (χ1v) is 7.49. The first-order chi connectivity index (χ1) is 9.82. The van der Waals surface area contributed by atoms with E-state index in [9.17, 15) is 13.2 Å². The van der Waals surface area contributed by atoms with Crippen LogP contribution in [0, 0.1) is 0 Å². The van der Waals surface area contributed by atoms with Crippen LogP contribution in [-0.4, -0.2) is 16.5 Å². The van der Waals surface area contributed by atoms with E-state index >= 15 is 0 Å². The van der Waals surface area contributed by atoms with Crippen molar-refractivity contribution < 1.29 is 13.2 Å². The Morgan fingerprint density at radius 1 is 1.33 bits per heavy atom. The summed E-state index contributed by atoms with van der Waals surface area (Å²) in [7, 11) is 0. The van der Waals surface area contributed by atoms with Crippen LogP contribution in [0.5, 0.6) is 0 Å². The molecule has 0 radical (unpaired) electrons. The molecule has 0 aliphatic carbocycles. The van der Waals surface area contributed by atoms with Crippen LogP contribution in [0.1, 0.15) is 17.5 Å². The van der Waals surface area contributed by atoms with E-state index in [-0.39, 0.29) is 27.1 Å². The highest BCUT2D eigenvalue weighted by Crippen LogP contribution is 2.39. The summed E-state index contributed by atoms with van der Waals surface area (Å²) in [6.45, 7) is 2.46. The van der Waals surface area contributed by atoms with Gasteiger partial charge in [-0.25, -0.2) is 4.98 Å². The highest BCUT2D eigenvalue weighted by Gasteiger charge is 2.37. The number of nitrogens with one attached hydrogen (secondary N) is 1. The van der Waals surface area contributed by atoms with Gasteiger partial charge in [0, 0.05) is 12.7 Å². The van der Waals surface area contributed by atoms with Crippen LogP contribution in [0.2, 0.25) is 10.0 Å². The molecule has 1 N–H and O–H groups in total. The van der Waals surface area contributed by atoms with Gasteiger partial charge in [0.25, 0.3) is 0 Å². The molecule has 114 valence electrons. The molecule has 0 spiro atoms. The average Bonchev–Trinajstić information content (AvgIpc) is 2.80. The Bertz CT molecular complexity index is 643. The van der Waals surface area contributed by atoms with Crippen molar-refractivity contribution >= 4 is 34.5 Å². The molecule has 0 fully saturated rings. The topological polar surface area (TPSA) is 37.8 Å². The van der Waals surface area contributed by atoms with Crippen molar-refractivity contribution in [2.45, 2.75) is 19.6 Å². The van der Waals surface area contributed by atoms with E-state index < -0.39 is 11.9 Å². The Balaban J connectivity index is 2.47. The molecular formula is C12H10Cl2F3N3S. The molecule has 2 aromatic rings. The van der Waals surface area contributed by atoms with Crippen LogP contribution in [-0.2, 0) is 12.7 Å². The van der Waals surface area contributed by atoms with Gasteiger partial charge in [0.1, 0.15) is 10.7 Å². The average molecular weight is 356 g/mol. The Morgan fingerprint density at radius 3 is 2.62 bits per heavy atom. The maximum Gasteiger partial charge on any atom is 0.434 e. The molecule has 0 aliphatic heterocycles. The largest absolute Gasteiger partial charge is 0.434 e. The van der Waals surface area contributed by atoms with Crippen molar-refractivity contribution in [2.24, 2.45) is 0 Å². The number of pyridine rings is 1. The molecule has 2 heterocycles. The van der Waals surface area contributed by atoms with E-state index in [0.29, 0.717) is 11.6 Å². The van der Waals surface area contributed by atoms with Crippen LogP contribution < -0.4 is 5.32 Å². The van der Waals surface area contributed by atoms with E-state index in [1.807, 2.05) is 6.92 Å². The van der Waals surface area contributed by atoms with E-state index in [1.165, 1.54) is 12.3 Å². The number of rotatable bonds is 4. The molecule has 2 rings (SSSR count). The number of hydrogen-bond acceptors (Lipinski definition) is 4. The standard InChI is InChI=1S/C12H10Cl2F3N3S/c1-2-18-5-8-10(12(15,16)17)20-11(21-8)9-7(14)3-6(13)4-19-9/h3-4,18H,2,5H2,1H3. The molecule has 9 heteroatoms. The number of nitrogens with zero attached hydrogens (tertiary/aromatic N) is 2. The quantitative estimate of drug-likeness (QED) is 0.867. The van der Waals surface area contributed by atoms with Crippen LogP contribution in [0.4, 0.5) is 13.2 Å². The monoisotopic (exact) mass is 355 g/mol. The molecule has 2 aromatic heterocycles. The molecule has 0 atom stereocenters.